The highest BCUT2D eigenvalue weighted by molar-refractivity contribution is 8.93. The van der Waals surface area contributed by atoms with Crippen molar-refractivity contribution in [1.82, 2.24) is 0 Å². The molecule has 0 atom stereocenters. The molecule has 2 aliphatic rings. The summed E-state index contributed by atoms with van der Waals surface area (Å²) in [6.45, 7) is 9.49. The van der Waals surface area contributed by atoms with Crippen LogP contribution in [-0.2, 0) is 0 Å². The normalized spacial score (nSPS) is 16.5. The van der Waals surface area contributed by atoms with Crippen LogP contribution in [0.1, 0.15) is 18.1 Å². The molecule has 1 aromatic rings. The van der Waals surface area contributed by atoms with E-state index in [0.29, 0.717) is 0 Å². The third-order valence-electron chi connectivity index (χ3n) is 3.55. The summed E-state index contributed by atoms with van der Waals surface area (Å²) in [5.74, 6) is 1.14. The van der Waals surface area contributed by atoms with Crippen LogP contribution in [0, 0.1) is 13.8 Å². The predicted molar refractivity (Wildman–Crippen MR) is 78.9 cm³/mol. The fourth-order valence-electron chi connectivity index (χ4n) is 2.53. The molecule has 1 aromatic carbocycles. The van der Waals surface area contributed by atoms with Gasteiger partial charge in [0.15, 0.2) is 0 Å². The predicted octanol–water partition coefficient (Wildman–Crippen LogP) is 2.90. The van der Waals surface area contributed by atoms with Gasteiger partial charge in [-0.15, -0.1) is 17.0 Å². The second kappa shape index (κ2) is 4.33. The van der Waals surface area contributed by atoms with Gasteiger partial charge in [-0.3, -0.25) is 4.99 Å². The number of aliphatic imine (C=N–C) groups is 1. The number of guanidine groups is 1. The zero-order valence-electron chi connectivity index (χ0n) is 10.5. The van der Waals surface area contributed by atoms with Gasteiger partial charge in [-0.1, -0.05) is 0 Å². The van der Waals surface area contributed by atoms with Crippen molar-refractivity contribution in [1.29, 1.82) is 0 Å². The number of halogens is 1. The lowest BCUT2D eigenvalue weighted by molar-refractivity contribution is 1.02. The molecule has 0 unspecified atom stereocenters. The lowest BCUT2D eigenvalue weighted by Crippen LogP contribution is -2.35. The van der Waals surface area contributed by atoms with Crippen LogP contribution >= 0.6 is 17.0 Å². The molecule has 0 amide bonds. The van der Waals surface area contributed by atoms with E-state index in [1.165, 1.54) is 22.5 Å². The van der Waals surface area contributed by atoms with E-state index in [0.717, 1.165) is 25.6 Å². The average Bonchev–Trinajstić information content (AvgIpc) is 2.80. The highest BCUT2D eigenvalue weighted by Crippen LogP contribution is 2.40. The Morgan fingerprint density at radius 2 is 1.82 bits per heavy atom. The largest absolute Gasteiger partial charge is 0.310 e. The second-order valence-corrected chi connectivity index (χ2v) is 4.50. The molecule has 0 saturated heterocycles. The van der Waals surface area contributed by atoms with Gasteiger partial charge < -0.3 is 9.80 Å². The monoisotopic (exact) mass is 295 g/mol. The third kappa shape index (κ3) is 1.66. The maximum Gasteiger partial charge on any atom is 0.205 e. The number of anilines is 2. The summed E-state index contributed by atoms with van der Waals surface area (Å²) in [7, 11) is 0. The Morgan fingerprint density at radius 3 is 2.47 bits per heavy atom. The van der Waals surface area contributed by atoms with Gasteiger partial charge in [0, 0.05) is 13.1 Å². The molecular weight excluding hydrogens is 278 g/mol. The van der Waals surface area contributed by atoms with Crippen LogP contribution in [0.2, 0.25) is 0 Å². The molecule has 3 rings (SSSR count). The average molecular weight is 296 g/mol. The number of nitrogens with zero attached hydrogens (tertiary/aromatic N) is 3. The molecule has 0 fully saturated rings. The van der Waals surface area contributed by atoms with E-state index in [2.05, 4.69) is 47.7 Å². The number of rotatable bonds is 1. The van der Waals surface area contributed by atoms with Crippen LogP contribution in [0.3, 0.4) is 0 Å². The van der Waals surface area contributed by atoms with Crippen LogP contribution in [0.25, 0.3) is 0 Å². The number of fused-ring (bicyclic) bond motifs is 3. The molecule has 3 nitrogen and oxygen atoms in total. The first kappa shape index (κ1) is 12.4. The molecule has 92 valence electrons. The third-order valence-corrected chi connectivity index (χ3v) is 3.55. The van der Waals surface area contributed by atoms with E-state index in [4.69, 9.17) is 0 Å². The lowest BCUT2D eigenvalue weighted by Gasteiger charge is -2.16. The Hall–Kier alpha value is -1.03. The zero-order chi connectivity index (χ0) is 11.3. The summed E-state index contributed by atoms with van der Waals surface area (Å²) in [6.07, 6.45) is 0. The van der Waals surface area contributed by atoms with Crippen molar-refractivity contribution in [3.05, 3.63) is 23.3 Å². The summed E-state index contributed by atoms with van der Waals surface area (Å²) < 4.78 is 0. The first-order chi connectivity index (χ1) is 7.72. The van der Waals surface area contributed by atoms with Crippen molar-refractivity contribution in [2.24, 2.45) is 4.99 Å². The van der Waals surface area contributed by atoms with Gasteiger partial charge in [0.2, 0.25) is 5.96 Å². The number of hydrogen-bond acceptors (Lipinski definition) is 3. The summed E-state index contributed by atoms with van der Waals surface area (Å²) in [5, 5.41) is 0. The molecule has 0 spiro atoms. The van der Waals surface area contributed by atoms with Gasteiger partial charge in [-0.2, -0.15) is 0 Å². The Morgan fingerprint density at radius 1 is 1.18 bits per heavy atom. The molecule has 0 saturated carbocycles. The van der Waals surface area contributed by atoms with E-state index in [1.807, 2.05) is 0 Å². The fourth-order valence-corrected chi connectivity index (χ4v) is 2.53. The zero-order valence-corrected chi connectivity index (χ0v) is 12.2. The van der Waals surface area contributed by atoms with Crippen molar-refractivity contribution in [2.45, 2.75) is 20.8 Å². The highest BCUT2D eigenvalue weighted by Gasteiger charge is 2.34. The van der Waals surface area contributed by atoms with Gasteiger partial charge >= 0.3 is 0 Å². The van der Waals surface area contributed by atoms with Crippen molar-refractivity contribution < 1.29 is 0 Å². The fraction of sp³-hybridized carbons (Fsp3) is 0.462. The van der Waals surface area contributed by atoms with Crippen LogP contribution < -0.4 is 9.80 Å². The van der Waals surface area contributed by atoms with Crippen LogP contribution in [0.4, 0.5) is 11.4 Å². The first-order valence-electron chi connectivity index (χ1n) is 5.93. The maximum absolute atomic E-state index is 4.59. The van der Waals surface area contributed by atoms with Crippen molar-refractivity contribution in [2.75, 3.05) is 29.4 Å². The molecule has 2 aliphatic heterocycles. The van der Waals surface area contributed by atoms with E-state index >= 15 is 0 Å². The van der Waals surface area contributed by atoms with Gasteiger partial charge in [-0.05, 0) is 44.0 Å². The quantitative estimate of drug-likeness (QED) is 0.793. The minimum absolute atomic E-state index is 0. The molecule has 2 heterocycles. The Kier molecular flexibility index (Phi) is 3.17. The van der Waals surface area contributed by atoms with Crippen molar-refractivity contribution in [3.8, 4) is 0 Å². The minimum atomic E-state index is 0. The molecule has 0 N–H and O–H groups in total. The highest BCUT2D eigenvalue weighted by atomic mass is 79.9. The summed E-state index contributed by atoms with van der Waals surface area (Å²) in [5.41, 5.74) is 5.38. The van der Waals surface area contributed by atoms with Crippen LogP contribution in [0.15, 0.2) is 17.1 Å². The van der Waals surface area contributed by atoms with Gasteiger partial charge in [-0.25, -0.2) is 0 Å². The summed E-state index contributed by atoms with van der Waals surface area (Å²) in [4.78, 5) is 9.25. The second-order valence-electron chi connectivity index (χ2n) is 4.50. The first-order valence-corrected chi connectivity index (χ1v) is 5.93. The molecule has 17 heavy (non-hydrogen) atoms. The lowest BCUT2D eigenvalue weighted by atomic mass is 10.1. The Bertz CT molecular complexity index is 482. The van der Waals surface area contributed by atoms with E-state index in [1.54, 1.807) is 0 Å². The number of benzene rings is 1. The standard InChI is InChI=1S/C13H17N3.BrH/c1-4-15-11-7-9(2)10(3)8-12(11)16-6-5-14-13(15)16;/h7-8H,4-6H2,1-3H3;1H. The van der Waals surface area contributed by atoms with Crippen molar-refractivity contribution in [3.63, 3.8) is 0 Å². The molecular formula is C13H18BrN3. The van der Waals surface area contributed by atoms with Gasteiger partial charge in [0.05, 0.1) is 17.9 Å². The van der Waals surface area contributed by atoms with Gasteiger partial charge in [0.1, 0.15) is 0 Å². The molecule has 0 bridgehead atoms. The topological polar surface area (TPSA) is 18.8 Å². The maximum atomic E-state index is 4.59. The molecule has 0 radical (unpaired) electrons. The summed E-state index contributed by atoms with van der Waals surface area (Å²) in [6, 6.07) is 4.58. The van der Waals surface area contributed by atoms with Gasteiger partial charge in [0.25, 0.3) is 0 Å². The van der Waals surface area contributed by atoms with E-state index < -0.39 is 0 Å². The minimum Gasteiger partial charge on any atom is -0.310 e. The van der Waals surface area contributed by atoms with Crippen molar-refractivity contribution >= 4 is 34.3 Å². The Labute approximate surface area is 113 Å². The SMILES string of the molecule is Br.CCN1C2=NCCN2c2cc(C)c(C)cc21. The van der Waals surface area contributed by atoms with E-state index in [-0.39, 0.29) is 17.0 Å². The van der Waals surface area contributed by atoms with Crippen LogP contribution in [0.5, 0.6) is 0 Å². The number of hydrogen-bond donors (Lipinski definition) is 0. The molecule has 4 heteroatoms. The van der Waals surface area contributed by atoms with Crippen LogP contribution in [-0.4, -0.2) is 25.6 Å². The smallest absolute Gasteiger partial charge is 0.205 e. The Balaban J connectivity index is 0.00000108. The van der Waals surface area contributed by atoms with E-state index in [9.17, 15) is 0 Å². The molecule has 0 aliphatic carbocycles. The summed E-state index contributed by atoms with van der Waals surface area (Å²) >= 11 is 0. The molecule has 0 aromatic heterocycles. The number of aryl methyl sites for hydroxylation is 2.